The molecule has 1 aliphatic carbocycles. The molecule has 0 aromatic carbocycles. The molecular weight excluding hydrogens is 325 g/mol. The third kappa shape index (κ3) is 2.83. The summed E-state index contributed by atoms with van der Waals surface area (Å²) in [7, 11) is 0. The van der Waals surface area contributed by atoms with E-state index in [2.05, 4.69) is 58.4 Å². The Morgan fingerprint density at radius 3 is 2.65 bits per heavy atom. The lowest BCUT2D eigenvalue weighted by Gasteiger charge is -2.24. The van der Waals surface area contributed by atoms with Crippen LogP contribution < -0.4 is 0 Å². The molecule has 0 N–H and O–H groups in total. The summed E-state index contributed by atoms with van der Waals surface area (Å²) < 4.78 is 2.81. The molecule has 17 heavy (non-hydrogen) atoms. The maximum Gasteiger partial charge on any atom is 0.0862 e. The summed E-state index contributed by atoms with van der Waals surface area (Å²) in [6.07, 6.45) is 6.36. The summed E-state index contributed by atoms with van der Waals surface area (Å²) >= 11 is 2.56. The van der Waals surface area contributed by atoms with Gasteiger partial charge in [0.2, 0.25) is 0 Å². The Balaban J connectivity index is 2.42. The highest BCUT2D eigenvalue weighted by atomic mass is 127. The molecule has 0 bridgehead atoms. The predicted octanol–water partition coefficient (Wildman–Crippen LogP) is 3.88. The van der Waals surface area contributed by atoms with Gasteiger partial charge in [-0.1, -0.05) is 47.6 Å². The first-order valence-corrected chi connectivity index (χ1v) is 7.94. The minimum absolute atomic E-state index is 0.420. The zero-order valence-electron chi connectivity index (χ0n) is 11.0. The number of nitrogens with zero attached hydrogens (tertiary/aromatic N) is 3. The van der Waals surface area contributed by atoms with Gasteiger partial charge in [0.05, 0.1) is 11.4 Å². The van der Waals surface area contributed by atoms with Crippen molar-refractivity contribution in [3.05, 3.63) is 11.4 Å². The number of rotatable bonds is 2. The molecule has 1 heterocycles. The van der Waals surface area contributed by atoms with Crippen molar-refractivity contribution >= 4 is 22.6 Å². The lowest BCUT2D eigenvalue weighted by molar-refractivity contribution is 0.449. The summed E-state index contributed by atoms with van der Waals surface area (Å²) in [5.74, 6) is 0.628. The van der Waals surface area contributed by atoms with Gasteiger partial charge in [-0.15, -0.1) is 5.10 Å². The molecular formula is C13H22IN3. The van der Waals surface area contributed by atoms with Crippen molar-refractivity contribution in [1.29, 1.82) is 0 Å². The number of aromatic nitrogens is 3. The number of alkyl halides is 1. The van der Waals surface area contributed by atoms with Crippen molar-refractivity contribution in [2.45, 2.75) is 68.8 Å². The molecule has 1 aliphatic rings. The summed E-state index contributed by atoms with van der Waals surface area (Å²) in [5.41, 5.74) is 2.67. The fourth-order valence-electron chi connectivity index (χ4n) is 2.69. The maximum absolute atomic E-state index is 4.42. The summed E-state index contributed by atoms with van der Waals surface area (Å²) in [6.45, 7) is 6.71. The maximum atomic E-state index is 4.42. The standard InChI is InChI=1S/C13H22IN3/c1-9(2)17-13-11(10(3)14)7-5-4-6-8-12(13)15-16-17/h9-11H,4-8H2,1-3H3. The Hall–Kier alpha value is -0.130. The fraction of sp³-hybridized carbons (Fsp3) is 0.846. The van der Waals surface area contributed by atoms with Gasteiger partial charge in [-0.05, 0) is 33.1 Å². The van der Waals surface area contributed by atoms with Gasteiger partial charge >= 0.3 is 0 Å². The minimum Gasteiger partial charge on any atom is -0.246 e. The quantitative estimate of drug-likeness (QED) is 0.600. The number of hydrogen-bond donors (Lipinski definition) is 0. The topological polar surface area (TPSA) is 30.7 Å². The second-order valence-corrected chi connectivity index (χ2v) is 7.31. The smallest absolute Gasteiger partial charge is 0.0862 e. The SMILES string of the molecule is CC(I)C1CCCCCc2nnn(C(C)C)c21. The second kappa shape index (κ2) is 5.67. The average molecular weight is 347 g/mol. The van der Waals surface area contributed by atoms with Crippen molar-refractivity contribution in [3.63, 3.8) is 0 Å². The van der Waals surface area contributed by atoms with Gasteiger partial charge in [0.15, 0.2) is 0 Å². The molecule has 3 nitrogen and oxygen atoms in total. The Morgan fingerprint density at radius 1 is 1.24 bits per heavy atom. The van der Waals surface area contributed by atoms with Gasteiger partial charge in [0, 0.05) is 15.9 Å². The van der Waals surface area contributed by atoms with Crippen molar-refractivity contribution in [2.24, 2.45) is 0 Å². The number of halogens is 1. The Morgan fingerprint density at radius 2 is 2.00 bits per heavy atom. The molecule has 2 rings (SSSR count). The van der Waals surface area contributed by atoms with Crippen LogP contribution >= 0.6 is 22.6 Å². The van der Waals surface area contributed by atoms with E-state index < -0.39 is 0 Å². The van der Waals surface area contributed by atoms with Gasteiger partial charge in [-0.3, -0.25) is 0 Å². The molecule has 0 spiro atoms. The lowest BCUT2D eigenvalue weighted by atomic mass is 9.89. The van der Waals surface area contributed by atoms with E-state index in [0.717, 1.165) is 6.42 Å². The predicted molar refractivity (Wildman–Crippen MR) is 78.8 cm³/mol. The van der Waals surface area contributed by atoms with Gasteiger partial charge in [0.1, 0.15) is 0 Å². The largest absolute Gasteiger partial charge is 0.246 e. The van der Waals surface area contributed by atoms with Crippen molar-refractivity contribution in [3.8, 4) is 0 Å². The van der Waals surface area contributed by atoms with Crippen LogP contribution in [-0.4, -0.2) is 18.9 Å². The van der Waals surface area contributed by atoms with E-state index >= 15 is 0 Å². The molecule has 2 atom stereocenters. The van der Waals surface area contributed by atoms with E-state index in [9.17, 15) is 0 Å². The second-order valence-electron chi connectivity index (χ2n) is 5.34. The highest BCUT2D eigenvalue weighted by Crippen LogP contribution is 2.35. The molecule has 2 unspecified atom stereocenters. The molecule has 0 saturated carbocycles. The van der Waals surface area contributed by atoms with Crippen LogP contribution in [-0.2, 0) is 6.42 Å². The van der Waals surface area contributed by atoms with Crippen LogP contribution in [0, 0.1) is 0 Å². The molecule has 0 saturated heterocycles. The molecule has 0 fully saturated rings. The minimum atomic E-state index is 0.420. The first-order chi connectivity index (χ1) is 8.11. The van der Waals surface area contributed by atoms with E-state index in [1.807, 2.05) is 0 Å². The van der Waals surface area contributed by atoms with E-state index in [4.69, 9.17) is 0 Å². The van der Waals surface area contributed by atoms with Crippen molar-refractivity contribution in [2.75, 3.05) is 0 Å². The van der Waals surface area contributed by atoms with E-state index in [1.54, 1.807) is 0 Å². The third-order valence-electron chi connectivity index (χ3n) is 3.63. The van der Waals surface area contributed by atoms with Gasteiger partial charge in [0.25, 0.3) is 0 Å². The zero-order valence-corrected chi connectivity index (χ0v) is 13.1. The van der Waals surface area contributed by atoms with Crippen LogP contribution in [0.15, 0.2) is 0 Å². The normalized spacial score (nSPS) is 23.0. The Kier molecular flexibility index (Phi) is 4.44. The summed E-state index contributed by atoms with van der Waals surface area (Å²) in [4.78, 5) is 0. The summed E-state index contributed by atoms with van der Waals surface area (Å²) in [6, 6.07) is 0.420. The number of fused-ring (bicyclic) bond motifs is 1. The van der Waals surface area contributed by atoms with Crippen LogP contribution in [0.25, 0.3) is 0 Å². The van der Waals surface area contributed by atoms with Crippen molar-refractivity contribution < 1.29 is 0 Å². The third-order valence-corrected chi connectivity index (χ3v) is 4.50. The molecule has 96 valence electrons. The van der Waals surface area contributed by atoms with Gasteiger partial charge in [-0.2, -0.15) is 0 Å². The fourth-order valence-corrected chi connectivity index (χ4v) is 3.39. The zero-order chi connectivity index (χ0) is 12.4. The van der Waals surface area contributed by atoms with E-state index in [-0.39, 0.29) is 0 Å². The van der Waals surface area contributed by atoms with Gasteiger partial charge in [-0.25, -0.2) is 4.68 Å². The Labute approximate surface area is 117 Å². The monoisotopic (exact) mass is 347 g/mol. The van der Waals surface area contributed by atoms with Crippen LogP contribution in [0.3, 0.4) is 0 Å². The molecule has 0 aliphatic heterocycles. The molecule has 4 heteroatoms. The van der Waals surface area contributed by atoms with Gasteiger partial charge < -0.3 is 0 Å². The number of aryl methyl sites for hydroxylation is 1. The van der Waals surface area contributed by atoms with Crippen LogP contribution in [0.2, 0.25) is 0 Å². The number of hydrogen-bond acceptors (Lipinski definition) is 2. The van der Waals surface area contributed by atoms with Crippen molar-refractivity contribution in [1.82, 2.24) is 15.0 Å². The first-order valence-electron chi connectivity index (χ1n) is 6.69. The molecule has 0 amide bonds. The summed E-state index contributed by atoms with van der Waals surface area (Å²) in [5, 5.41) is 8.80. The Bertz CT molecular complexity index is 371. The van der Waals surface area contributed by atoms with Crippen LogP contribution in [0.5, 0.6) is 0 Å². The van der Waals surface area contributed by atoms with Crippen LogP contribution in [0.1, 0.15) is 69.8 Å². The molecule has 0 radical (unpaired) electrons. The first kappa shape index (κ1) is 13.3. The van der Waals surface area contributed by atoms with Crippen LogP contribution in [0.4, 0.5) is 0 Å². The molecule has 1 aromatic rings. The van der Waals surface area contributed by atoms with E-state index in [1.165, 1.54) is 37.1 Å². The lowest BCUT2D eigenvalue weighted by Crippen LogP contribution is -2.19. The molecule has 1 aromatic heterocycles. The highest BCUT2D eigenvalue weighted by molar-refractivity contribution is 14.1. The average Bonchev–Trinajstić information content (AvgIpc) is 2.60. The van der Waals surface area contributed by atoms with E-state index in [0.29, 0.717) is 15.9 Å². The highest BCUT2D eigenvalue weighted by Gasteiger charge is 2.27.